The summed E-state index contributed by atoms with van der Waals surface area (Å²) in [6, 6.07) is 4.54. The topological polar surface area (TPSA) is 76.7 Å². The first kappa shape index (κ1) is 13.9. The van der Waals surface area contributed by atoms with Gasteiger partial charge in [-0.25, -0.2) is 9.89 Å². The first-order valence-corrected chi connectivity index (χ1v) is 8.41. The highest BCUT2D eigenvalue weighted by Crippen LogP contribution is 2.42. The Hall–Kier alpha value is -1.05. The van der Waals surface area contributed by atoms with Gasteiger partial charge in [0.05, 0.1) is 5.25 Å². The molecule has 1 aliphatic carbocycles. The first-order chi connectivity index (χ1) is 9.56. The molecule has 1 saturated carbocycles. The van der Waals surface area contributed by atoms with Crippen LogP contribution in [0.1, 0.15) is 40.8 Å². The van der Waals surface area contributed by atoms with E-state index in [1.165, 1.54) is 9.75 Å². The zero-order valence-corrected chi connectivity index (χ0v) is 13.1. The number of H-pyrrole nitrogens is 1. The van der Waals surface area contributed by atoms with Crippen molar-refractivity contribution in [3.8, 4) is 0 Å². The quantitative estimate of drug-likeness (QED) is 0.832. The van der Waals surface area contributed by atoms with Crippen molar-refractivity contribution in [3.05, 3.63) is 32.4 Å². The van der Waals surface area contributed by atoms with Gasteiger partial charge in [-0.1, -0.05) is 11.8 Å². The van der Waals surface area contributed by atoms with Gasteiger partial charge in [0, 0.05) is 21.8 Å². The smallest absolute Gasteiger partial charge is 0.327 e. The number of nitrogens with zero attached hydrogens (tertiary/aromatic N) is 2. The van der Waals surface area contributed by atoms with E-state index in [9.17, 15) is 4.79 Å². The molecular weight excluding hydrogens is 292 g/mol. The maximum Gasteiger partial charge on any atom is 0.344 e. The van der Waals surface area contributed by atoms with Crippen molar-refractivity contribution in [1.29, 1.82) is 0 Å². The Morgan fingerprint density at radius 1 is 1.55 bits per heavy atom. The van der Waals surface area contributed by atoms with Crippen molar-refractivity contribution in [2.75, 3.05) is 0 Å². The molecule has 2 heterocycles. The predicted octanol–water partition coefficient (Wildman–Crippen LogP) is 2.46. The molecule has 0 amide bonds. The van der Waals surface area contributed by atoms with Gasteiger partial charge < -0.3 is 5.73 Å². The summed E-state index contributed by atoms with van der Waals surface area (Å²) in [5.41, 5.74) is 6.02. The number of nitrogens with two attached hydrogens (primary N) is 1. The normalized spacial score (nSPS) is 18.1. The second-order valence-corrected chi connectivity index (χ2v) is 7.69. The van der Waals surface area contributed by atoms with E-state index >= 15 is 0 Å². The van der Waals surface area contributed by atoms with Crippen LogP contribution < -0.4 is 11.4 Å². The lowest BCUT2D eigenvalue weighted by atomic mass is 10.2. The van der Waals surface area contributed by atoms with E-state index < -0.39 is 0 Å². The van der Waals surface area contributed by atoms with Gasteiger partial charge in [-0.3, -0.25) is 4.57 Å². The molecule has 5 nitrogen and oxygen atoms in total. The largest absolute Gasteiger partial charge is 0.344 e. The number of rotatable bonds is 5. The number of nitrogens with one attached hydrogen (secondary N) is 1. The first-order valence-electron chi connectivity index (χ1n) is 6.71. The van der Waals surface area contributed by atoms with Crippen LogP contribution in [0.5, 0.6) is 0 Å². The Morgan fingerprint density at radius 2 is 2.30 bits per heavy atom. The molecule has 0 saturated heterocycles. The summed E-state index contributed by atoms with van der Waals surface area (Å²) in [7, 11) is 0. The van der Waals surface area contributed by atoms with Gasteiger partial charge in [0.1, 0.15) is 0 Å². The van der Waals surface area contributed by atoms with Crippen LogP contribution >= 0.6 is 23.1 Å². The number of aromatic amines is 1. The van der Waals surface area contributed by atoms with Crippen LogP contribution in [-0.2, 0) is 0 Å². The minimum Gasteiger partial charge on any atom is -0.327 e. The molecule has 2 atom stereocenters. The Morgan fingerprint density at radius 3 is 2.85 bits per heavy atom. The molecule has 2 aromatic rings. The zero-order valence-electron chi connectivity index (χ0n) is 11.5. The molecule has 2 aromatic heterocycles. The summed E-state index contributed by atoms with van der Waals surface area (Å²) in [6.07, 6.45) is 2.13. The van der Waals surface area contributed by atoms with Gasteiger partial charge in [0.25, 0.3) is 0 Å². The molecule has 1 aliphatic rings. The Balaban J connectivity index is 1.89. The Kier molecular flexibility index (Phi) is 3.74. The predicted molar refractivity (Wildman–Crippen MR) is 82.4 cm³/mol. The van der Waals surface area contributed by atoms with Crippen molar-refractivity contribution in [2.24, 2.45) is 5.73 Å². The van der Waals surface area contributed by atoms with Gasteiger partial charge in [-0.2, -0.15) is 0 Å². The average molecular weight is 310 g/mol. The van der Waals surface area contributed by atoms with Gasteiger partial charge in [0.2, 0.25) is 0 Å². The van der Waals surface area contributed by atoms with Crippen LogP contribution in [0.15, 0.2) is 22.1 Å². The lowest BCUT2D eigenvalue weighted by Crippen LogP contribution is -2.23. The fraction of sp³-hybridized carbons (Fsp3) is 0.538. The minimum atomic E-state index is -0.110. The monoisotopic (exact) mass is 310 g/mol. The van der Waals surface area contributed by atoms with E-state index in [0.29, 0.717) is 6.04 Å². The van der Waals surface area contributed by atoms with Gasteiger partial charge in [-0.05, 0) is 38.8 Å². The third-order valence-corrected chi connectivity index (χ3v) is 6.00. The Labute approximate surface area is 125 Å². The number of aryl methyl sites for hydroxylation is 1. The molecule has 3 N–H and O–H groups in total. The average Bonchev–Trinajstić information content (AvgIpc) is 3.03. The molecule has 1 fully saturated rings. The Bertz CT molecular complexity index is 653. The standard InChI is InChI=1S/C13H18N4OS2/c1-7-3-6-10(19-7)11(8(2)14)20-13-16-15-12(18)17(13)9-4-5-9/h3,6,8-9,11H,4-5,14H2,1-2H3,(H,15,18). The molecule has 108 valence electrons. The molecular formula is C13H18N4OS2. The number of aromatic nitrogens is 3. The maximum absolute atomic E-state index is 11.8. The number of hydrogen-bond acceptors (Lipinski definition) is 5. The highest BCUT2D eigenvalue weighted by Gasteiger charge is 2.30. The van der Waals surface area contributed by atoms with Crippen LogP contribution in [0, 0.1) is 6.92 Å². The van der Waals surface area contributed by atoms with Crippen LogP contribution in [0.4, 0.5) is 0 Å². The lowest BCUT2D eigenvalue weighted by molar-refractivity contribution is 0.636. The van der Waals surface area contributed by atoms with E-state index in [4.69, 9.17) is 5.73 Å². The number of hydrogen-bond donors (Lipinski definition) is 2. The summed E-state index contributed by atoms with van der Waals surface area (Å²) in [5.74, 6) is 0. The van der Waals surface area contributed by atoms with Gasteiger partial charge >= 0.3 is 5.69 Å². The summed E-state index contributed by atoms with van der Waals surface area (Å²) in [6.45, 7) is 4.09. The molecule has 0 bridgehead atoms. The van der Waals surface area contributed by atoms with Gasteiger partial charge in [0.15, 0.2) is 5.16 Å². The summed E-state index contributed by atoms with van der Waals surface area (Å²) < 4.78 is 1.78. The second-order valence-electron chi connectivity index (χ2n) is 5.26. The van der Waals surface area contributed by atoms with Crippen molar-refractivity contribution < 1.29 is 0 Å². The van der Waals surface area contributed by atoms with Crippen LogP contribution in [0.2, 0.25) is 0 Å². The molecule has 0 spiro atoms. The fourth-order valence-electron chi connectivity index (χ4n) is 2.17. The van der Waals surface area contributed by atoms with E-state index in [2.05, 4.69) is 29.3 Å². The maximum atomic E-state index is 11.8. The van der Waals surface area contributed by atoms with Crippen molar-refractivity contribution in [3.63, 3.8) is 0 Å². The molecule has 3 rings (SSSR count). The minimum absolute atomic E-state index is 0.00231. The second kappa shape index (κ2) is 5.38. The molecule has 20 heavy (non-hydrogen) atoms. The molecule has 7 heteroatoms. The van der Waals surface area contributed by atoms with E-state index in [1.54, 1.807) is 27.7 Å². The summed E-state index contributed by atoms with van der Waals surface area (Å²) >= 11 is 3.34. The zero-order chi connectivity index (χ0) is 14.3. The SMILES string of the molecule is Cc1ccc(C(Sc2n[nH]c(=O)n2C2CC2)C(C)N)s1. The van der Waals surface area contributed by atoms with Crippen molar-refractivity contribution >= 4 is 23.1 Å². The van der Waals surface area contributed by atoms with Crippen LogP contribution in [0.3, 0.4) is 0 Å². The summed E-state index contributed by atoms with van der Waals surface area (Å²) in [4.78, 5) is 14.3. The highest BCUT2D eigenvalue weighted by atomic mass is 32.2. The van der Waals surface area contributed by atoms with Crippen LogP contribution in [0.25, 0.3) is 0 Å². The molecule has 0 aromatic carbocycles. The summed E-state index contributed by atoms with van der Waals surface area (Å²) in [5, 5.41) is 7.61. The van der Waals surface area contributed by atoms with Crippen LogP contribution in [-0.4, -0.2) is 20.8 Å². The number of thiophene rings is 1. The highest BCUT2D eigenvalue weighted by molar-refractivity contribution is 7.99. The van der Waals surface area contributed by atoms with E-state index in [0.717, 1.165) is 18.0 Å². The third-order valence-electron chi connectivity index (χ3n) is 3.34. The molecule has 2 unspecified atom stereocenters. The number of thioether (sulfide) groups is 1. The van der Waals surface area contributed by atoms with Gasteiger partial charge in [-0.15, -0.1) is 16.4 Å². The van der Waals surface area contributed by atoms with Crippen molar-refractivity contribution in [1.82, 2.24) is 14.8 Å². The fourth-order valence-corrected chi connectivity index (χ4v) is 4.52. The molecule has 0 radical (unpaired) electrons. The van der Waals surface area contributed by atoms with E-state index in [1.807, 2.05) is 6.92 Å². The third kappa shape index (κ3) is 2.70. The van der Waals surface area contributed by atoms with E-state index in [-0.39, 0.29) is 17.0 Å². The van der Waals surface area contributed by atoms with Crippen molar-refractivity contribution in [2.45, 2.75) is 49.2 Å². The lowest BCUT2D eigenvalue weighted by Gasteiger charge is -2.18. The molecule has 0 aliphatic heterocycles.